The number of halogens is 1. The molecule has 3 nitrogen and oxygen atoms in total. The summed E-state index contributed by atoms with van der Waals surface area (Å²) in [6, 6.07) is 16.1. The average molecular weight is 378 g/mol. The Bertz CT molecular complexity index is 1080. The van der Waals surface area contributed by atoms with E-state index < -0.39 is 0 Å². The molecule has 0 saturated carbocycles. The molecule has 0 spiro atoms. The molecule has 2 aromatic carbocycles. The van der Waals surface area contributed by atoms with E-state index in [1.54, 1.807) is 12.1 Å². The molecule has 0 aliphatic heterocycles. The maximum Gasteiger partial charge on any atom is 0.123 e. The molecule has 0 saturated heterocycles. The second-order valence-electron chi connectivity index (χ2n) is 7.06. The Morgan fingerprint density at radius 2 is 1.85 bits per heavy atom. The lowest BCUT2D eigenvalue weighted by molar-refractivity contribution is 0.555. The van der Waals surface area contributed by atoms with Gasteiger partial charge in [0.1, 0.15) is 5.82 Å². The van der Waals surface area contributed by atoms with Gasteiger partial charge in [0.2, 0.25) is 0 Å². The van der Waals surface area contributed by atoms with E-state index in [-0.39, 0.29) is 11.2 Å². The maximum atomic E-state index is 13.2. The van der Waals surface area contributed by atoms with Gasteiger partial charge in [-0.25, -0.2) is 13.3 Å². The molecule has 0 bridgehead atoms. The summed E-state index contributed by atoms with van der Waals surface area (Å²) in [6.07, 6.45) is 4.64. The molecule has 1 aliphatic rings. The van der Waals surface area contributed by atoms with Crippen molar-refractivity contribution in [1.82, 2.24) is 9.78 Å². The lowest BCUT2D eigenvalue weighted by atomic mass is 9.70. The van der Waals surface area contributed by atoms with Crippen LogP contribution in [0.4, 0.5) is 4.39 Å². The van der Waals surface area contributed by atoms with Crippen LogP contribution in [0, 0.1) is 11.2 Å². The van der Waals surface area contributed by atoms with Crippen molar-refractivity contribution >= 4 is 22.2 Å². The van der Waals surface area contributed by atoms with Gasteiger partial charge < -0.3 is 0 Å². The van der Waals surface area contributed by atoms with E-state index >= 15 is 0 Å². The van der Waals surface area contributed by atoms with Crippen LogP contribution in [-0.4, -0.2) is 18.9 Å². The minimum Gasteiger partial charge on any atom is -0.233 e. The van der Waals surface area contributed by atoms with E-state index in [4.69, 9.17) is 0 Å². The monoisotopic (exact) mass is 378 g/mol. The molecule has 3 aromatic rings. The Kier molecular flexibility index (Phi) is 4.40. The first-order valence-corrected chi connectivity index (χ1v) is 9.51. The Balaban J connectivity index is 1.78. The van der Waals surface area contributed by atoms with Crippen LogP contribution in [0.25, 0.3) is 11.8 Å². The number of hydrogen-bond donors (Lipinski definition) is 0. The van der Waals surface area contributed by atoms with Gasteiger partial charge in [0, 0.05) is 5.41 Å². The summed E-state index contributed by atoms with van der Waals surface area (Å²) in [7, 11) is 0. The zero-order valence-corrected chi connectivity index (χ0v) is 16.0. The fraction of sp³-hybridized carbons (Fsp3) is 0.182. The number of rotatable bonds is 3. The molecule has 0 fully saturated rings. The summed E-state index contributed by atoms with van der Waals surface area (Å²) in [4.78, 5) is 0.817. The highest BCUT2D eigenvalue weighted by atomic mass is 32.1. The van der Waals surface area contributed by atoms with Crippen LogP contribution in [-0.2, 0) is 17.7 Å². The second kappa shape index (κ2) is 6.74. The third kappa shape index (κ3) is 2.98. The van der Waals surface area contributed by atoms with E-state index in [9.17, 15) is 8.60 Å². The Hall–Kier alpha value is -2.79. The number of allylic oxidation sites excluding steroid dienone is 1. The number of benzene rings is 2. The lowest BCUT2D eigenvalue weighted by Gasteiger charge is -2.34. The summed E-state index contributed by atoms with van der Waals surface area (Å²) < 4.78 is 27.1. The molecule has 136 valence electrons. The van der Waals surface area contributed by atoms with Gasteiger partial charge in [0.15, 0.2) is 0 Å². The van der Waals surface area contributed by atoms with E-state index in [1.165, 1.54) is 12.1 Å². The molecule has 4 rings (SSSR count). The van der Waals surface area contributed by atoms with Crippen LogP contribution in [0.3, 0.4) is 0 Å². The first-order chi connectivity index (χ1) is 13.0. The zero-order chi connectivity index (χ0) is 19.0. The molecule has 0 amide bonds. The molecule has 1 heterocycles. The smallest absolute Gasteiger partial charge is 0.123 e. The molecule has 27 heavy (non-hydrogen) atoms. The molecule has 0 unspecified atom stereocenters. The Morgan fingerprint density at radius 1 is 1.15 bits per heavy atom. The lowest BCUT2D eigenvalue weighted by Crippen LogP contribution is -2.34. The maximum absolute atomic E-state index is 13.2. The molecule has 0 N–H and O–H groups in total. The molecule has 1 aliphatic carbocycles. The Labute approximate surface area is 161 Å². The van der Waals surface area contributed by atoms with Gasteiger partial charge in [0.05, 0.1) is 33.7 Å². The van der Waals surface area contributed by atoms with E-state index in [1.807, 2.05) is 41.2 Å². The summed E-state index contributed by atoms with van der Waals surface area (Å²) in [5.41, 5.74) is 4.58. The van der Waals surface area contributed by atoms with Crippen LogP contribution in [0.5, 0.6) is 0 Å². The van der Waals surface area contributed by atoms with Crippen LogP contribution in [0.1, 0.15) is 30.7 Å². The van der Waals surface area contributed by atoms with Gasteiger partial charge >= 0.3 is 0 Å². The van der Waals surface area contributed by atoms with Gasteiger partial charge in [-0.3, -0.25) is 0 Å². The van der Waals surface area contributed by atoms with Crippen LogP contribution >= 0.6 is 0 Å². The predicted molar refractivity (Wildman–Crippen MR) is 108 cm³/mol. The first kappa shape index (κ1) is 17.6. The SMILES string of the molecule is CC1=Cc2c(cnn2-c2ccc(F)cc2)C[C@]1(C)C(=S=O)c1ccccc1. The molecule has 1 atom stereocenters. The van der Waals surface area contributed by atoms with Crippen molar-refractivity contribution in [3.05, 3.63) is 89.0 Å². The van der Waals surface area contributed by atoms with Gasteiger partial charge in [-0.2, -0.15) is 5.10 Å². The summed E-state index contributed by atoms with van der Waals surface area (Å²) in [6.45, 7) is 4.17. The summed E-state index contributed by atoms with van der Waals surface area (Å²) >= 11 is 0.569. The second-order valence-corrected chi connectivity index (χ2v) is 7.63. The number of hydrogen-bond acceptors (Lipinski definition) is 2. The molecule has 0 radical (unpaired) electrons. The normalized spacial score (nSPS) is 18.6. The van der Waals surface area contributed by atoms with Crippen molar-refractivity contribution in [1.29, 1.82) is 0 Å². The standard InChI is InChI=1S/C22H19FN2OS/c1-15-12-20-17(14-24-25(20)19-10-8-18(23)9-11-19)13-22(15,2)21(27-26)16-6-4-3-5-7-16/h3-12,14H,13H2,1-2H3/t22-/m0/s1. The largest absolute Gasteiger partial charge is 0.233 e. The Morgan fingerprint density at radius 3 is 2.52 bits per heavy atom. The van der Waals surface area contributed by atoms with Gasteiger partial charge in [0.25, 0.3) is 0 Å². The summed E-state index contributed by atoms with van der Waals surface area (Å²) in [5, 5.41) is 4.51. The van der Waals surface area contributed by atoms with E-state index in [0.717, 1.165) is 32.9 Å². The van der Waals surface area contributed by atoms with Crippen molar-refractivity contribution in [3.63, 3.8) is 0 Å². The third-order valence-corrected chi connectivity index (χ3v) is 6.20. The average Bonchev–Trinajstić information content (AvgIpc) is 3.06. The van der Waals surface area contributed by atoms with Crippen LogP contribution in [0.2, 0.25) is 0 Å². The minimum absolute atomic E-state index is 0.270. The highest BCUT2D eigenvalue weighted by molar-refractivity contribution is 7.67. The van der Waals surface area contributed by atoms with Crippen LogP contribution < -0.4 is 0 Å². The number of aromatic nitrogens is 2. The highest BCUT2D eigenvalue weighted by Crippen LogP contribution is 2.41. The van der Waals surface area contributed by atoms with E-state index in [0.29, 0.717) is 17.7 Å². The molecule has 1 aromatic heterocycles. The van der Waals surface area contributed by atoms with Crippen molar-refractivity contribution in [2.24, 2.45) is 5.41 Å². The predicted octanol–water partition coefficient (Wildman–Crippen LogP) is 4.41. The van der Waals surface area contributed by atoms with Gasteiger partial charge in [-0.1, -0.05) is 42.8 Å². The van der Waals surface area contributed by atoms with Crippen molar-refractivity contribution in [2.75, 3.05) is 0 Å². The van der Waals surface area contributed by atoms with Gasteiger partial charge in [-0.05, 0) is 54.8 Å². The number of fused-ring (bicyclic) bond motifs is 1. The van der Waals surface area contributed by atoms with Crippen LogP contribution in [0.15, 0.2) is 66.4 Å². The summed E-state index contributed by atoms with van der Waals surface area (Å²) in [5.74, 6) is -0.270. The first-order valence-electron chi connectivity index (χ1n) is 8.77. The van der Waals surface area contributed by atoms with E-state index in [2.05, 4.69) is 25.0 Å². The zero-order valence-electron chi connectivity index (χ0n) is 15.1. The van der Waals surface area contributed by atoms with Crippen molar-refractivity contribution in [2.45, 2.75) is 20.3 Å². The van der Waals surface area contributed by atoms with Crippen molar-refractivity contribution < 1.29 is 8.60 Å². The quantitative estimate of drug-likeness (QED) is 0.500. The van der Waals surface area contributed by atoms with Crippen molar-refractivity contribution in [3.8, 4) is 5.69 Å². The molecular weight excluding hydrogens is 359 g/mol. The fourth-order valence-electron chi connectivity index (χ4n) is 3.66. The molecule has 5 heteroatoms. The number of nitrogens with zero attached hydrogens (tertiary/aromatic N) is 2. The van der Waals surface area contributed by atoms with Gasteiger partial charge in [-0.15, -0.1) is 0 Å². The molecular formula is C22H19FN2OS. The fourth-order valence-corrected chi connectivity index (χ4v) is 4.31. The topological polar surface area (TPSA) is 34.9 Å². The minimum atomic E-state index is -0.378. The third-order valence-electron chi connectivity index (χ3n) is 5.35. The highest BCUT2D eigenvalue weighted by Gasteiger charge is 2.38.